The van der Waals surface area contributed by atoms with E-state index in [4.69, 9.17) is 0 Å². The third kappa shape index (κ3) is 3.26. The van der Waals surface area contributed by atoms with Crippen LogP contribution in [-0.2, 0) is 11.3 Å². The van der Waals surface area contributed by atoms with Crippen molar-refractivity contribution >= 4 is 5.91 Å². The molecular weight excluding hydrogens is 250 g/mol. The molecule has 0 unspecified atom stereocenters. The number of nitrogens with one attached hydrogen (secondary N) is 1. The van der Waals surface area contributed by atoms with E-state index in [-0.39, 0.29) is 5.91 Å². The Morgan fingerprint density at radius 2 is 1.95 bits per heavy atom. The maximum absolute atomic E-state index is 11.4. The first kappa shape index (κ1) is 14.3. The van der Waals surface area contributed by atoms with Crippen LogP contribution in [0.1, 0.15) is 36.7 Å². The van der Waals surface area contributed by atoms with Crippen LogP contribution in [0.2, 0.25) is 0 Å². The molecule has 0 fully saturated rings. The molecule has 0 saturated carbocycles. The molecule has 2 aromatic rings. The molecule has 0 atom stereocenters. The SMILES string of the molecule is CCCC(=O)NCc1ccc(-n2cnc(C)c2C)cc1. The van der Waals surface area contributed by atoms with Crippen LogP contribution in [-0.4, -0.2) is 15.5 Å². The molecule has 0 saturated heterocycles. The first-order chi connectivity index (χ1) is 9.61. The molecule has 0 aliphatic rings. The van der Waals surface area contributed by atoms with E-state index in [9.17, 15) is 4.79 Å². The average Bonchev–Trinajstić information content (AvgIpc) is 2.78. The number of hydrogen-bond acceptors (Lipinski definition) is 2. The Balaban J connectivity index is 2.03. The highest BCUT2D eigenvalue weighted by Gasteiger charge is 2.04. The van der Waals surface area contributed by atoms with Crippen LogP contribution in [0, 0.1) is 13.8 Å². The number of rotatable bonds is 5. The number of aryl methyl sites for hydroxylation is 1. The quantitative estimate of drug-likeness (QED) is 0.909. The summed E-state index contributed by atoms with van der Waals surface area (Å²) in [6.45, 7) is 6.65. The van der Waals surface area contributed by atoms with Gasteiger partial charge in [-0.2, -0.15) is 0 Å². The number of carbonyl (C=O) groups excluding carboxylic acids is 1. The Kier molecular flexibility index (Phi) is 4.56. The van der Waals surface area contributed by atoms with Gasteiger partial charge in [0.25, 0.3) is 0 Å². The van der Waals surface area contributed by atoms with E-state index in [2.05, 4.69) is 33.9 Å². The Morgan fingerprint density at radius 1 is 1.25 bits per heavy atom. The van der Waals surface area contributed by atoms with Crippen molar-refractivity contribution in [3.63, 3.8) is 0 Å². The van der Waals surface area contributed by atoms with Crippen molar-refractivity contribution in [2.24, 2.45) is 0 Å². The second kappa shape index (κ2) is 6.37. The maximum atomic E-state index is 11.4. The topological polar surface area (TPSA) is 46.9 Å². The first-order valence-electron chi connectivity index (χ1n) is 6.98. The van der Waals surface area contributed by atoms with E-state index in [0.29, 0.717) is 13.0 Å². The third-order valence-electron chi connectivity index (χ3n) is 3.43. The molecule has 4 heteroatoms. The zero-order valence-corrected chi connectivity index (χ0v) is 12.3. The summed E-state index contributed by atoms with van der Waals surface area (Å²) in [5.41, 5.74) is 4.38. The van der Waals surface area contributed by atoms with E-state index in [0.717, 1.165) is 29.1 Å². The lowest BCUT2D eigenvalue weighted by Crippen LogP contribution is -2.22. The van der Waals surface area contributed by atoms with E-state index < -0.39 is 0 Å². The lowest BCUT2D eigenvalue weighted by molar-refractivity contribution is -0.121. The van der Waals surface area contributed by atoms with Gasteiger partial charge in [-0.05, 0) is 38.0 Å². The number of amides is 1. The van der Waals surface area contributed by atoms with Crippen molar-refractivity contribution in [3.05, 3.63) is 47.5 Å². The fourth-order valence-corrected chi connectivity index (χ4v) is 2.05. The van der Waals surface area contributed by atoms with Gasteiger partial charge < -0.3 is 9.88 Å². The molecule has 4 nitrogen and oxygen atoms in total. The number of carbonyl (C=O) groups is 1. The highest BCUT2D eigenvalue weighted by molar-refractivity contribution is 5.75. The zero-order chi connectivity index (χ0) is 14.5. The number of imidazole rings is 1. The average molecular weight is 271 g/mol. The van der Waals surface area contributed by atoms with Crippen LogP contribution in [0.3, 0.4) is 0 Å². The minimum atomic E-state index is 0.109. The van der Waals surface area contributed by atoms with Crippen molar-refractivity contribution in [1.82, 2.24) is 14.9 Å². The third-order valence-corrected chi connectivity index (χ3v) is 3.43. The summed E-state index contributed by atoms with van der Waals surface area (Å²) in [5, 5.41) is 2.92. The van der Waals surface area contributed by atoms with Crippen LogP contribution < -0.4 is 5.32 Å². The number of hydrogen-bond donors (Lipinski definition) is 1. The smallest absolute Gasteiger partial charge is 0.220 e. The van der Waals surface area contributed by atoms with Crippen molar-refractivity contribution in [2.45, 2.75) is 40.2 Å². The Hall–Kier alpha value is -2.10. The van der Waals surface area contributed by atoms with Gasteiger partial charge in [-0.25, -0.2) is 4.98 Å². The summed E-state index contributed by atoms with van der Waals surface area (Å²) in [6, 6.07) is 8.18. The number of benzene rings is 1. The lowest BCUT2D eigenvalue weighted by Gasteiger charge is -2.08. The highest BCUT2D eigenvalue weighted by Crippen LogP contribution is 2.14. The molecule has 1 aromatic carbocycles. The monoisotopic (exact) mass is 271 g/mol. The first-order valence-corrected chi connectivity index (χ1v) is 6.98. The predicted molar refractivity (Wildman–Crippen MR) is 79.8 cm³/mol. The normalized spacial score (nSPS) is 10.6. The molecule has 2 rings (SSSR count). The molecule has 1 N–H and O–H groups in total. The highest BCUT2D eigenvalue weighted by atomic mass is 16.1. The van der Waals surface area contributed by atoms with E-state index >= 15 is 0 Å². The number of nitrogens with zero attached hydrogens (tertiary/aromatic N) is 2. The summed E-state index contributed by atoms with van der Waals surface area (Å²) in [4.78, 5) is 15.7. The Labute approximate surface area is 119 Å². The molecule has 106 valence electrons. The van der Waals surface area contributed by atoms with Crippen LogP contribution in [0.4, 0.5) is 0 Å². The Bertz CT molecular complexity index is 584. The van der Waals surface area contributed by atoms with Gasteiger partial charge in [0, 0.05) is 24.3 Å². The van der Waals surface area contributed by atoms with Crippen molar-refractivity contribution < 1.29 is 4.79 Å². The molecule has 0 radical (unpaired) electrons. The Morgan fingerprint density at radius 3 is 2.50 bits per heavy atom. The predicted octanol–water partition coefficient (Wildman–Crippen LogP) is 2.91. The minimum Gasteiger partial charge on any atom is -0.352 e. The summed E-state index contributed by atoms with van der Waals surface area (Å²) < 4.78 is 2.06. The molecule has 0 aliphatic carbocycles. The molecule has 1 aromatic heterocycles. The summed E-state index contributed by atoms with van der Waals surface area (Å²) >= 11 is 0. The van der Waals surface area contributed by atoms with Gasteiger partial charge in [-0.3, -0.25) is 4.79 Å². The summed E-state index contributed by atoms with van der Waals surface area (Å²) in [7, 11) is 0. The molecule has 0 spiro atoms. The van der Waals surface area contributed by atoms with Crippen LogP contribution in [0.15, 0.2) is 30.6 Å². The van der Waals surface area contributed by atoms with Crippen LogP contribution in [0.5, 0.6) is 0 Å². The second-order valence-corrected chi connectivity index (χ2v) is 4.98. The van der Waals surface area contributed by atoms with Crippen molar-refractivity contribution in [3.8, 4) is 5.69 Å². The molecule has 1 amide bonds. The summed E-state index contributed by atoms with van der Waals surface area (Å²) in [6.07, 6.45) is 3.30. The minimum absolute atomic E-state index is 0.109. The van der Waals surface area contributed by atoms with Gasteiger partial charge in [-0.1, -0.05) is 19.1 Å². The zero-order valence-electron chi connectivity index (χ0n) is 12.3. The van der Waals surface area contributed by atoms with E-state index in [1.165, 1.54) is 0 Å². The second-order valence-electron chi connectivity index (χ2n) is 4.98. The van der Waals surface area contributed by atoms with Gasteiger partial charge in [0.15, 0.2) is 0 Å². The largest absolute Gasteiger partial charge is 0.352 e. The van der Waals surface area contributed by atoms with Gasteiger partial charge in [0.2, 0.25) is 5.91 Å². The van der Waals surface area contributed by atoms with Crippen molar-refractivity contribution in [2.75, 3.05) is 0 Å². The lowest BCUT2D eigenvalue weighted by atomic mass is 10.2. The maximum Gasteiger partial charge on any atom is 0.220 e. The van der Waals surface area contributed by atoms with E-state index in [1.807, 2.05) is 32.3 Å². The molecule has 0 aliphatic heterocycles. The van der Waals surface area contributed by atoms with Gasteiger partial charge >= 0.3 is 0 Å². The van der Waals surface area contributed by atoms with Crippen molar-refractivity contribution in [1.29, 1.82) is 0 Å². The summed E-state index contributed by atoms with van der Waals surface area (Å²) in [5.74, 6) is 0.109. The van der Waals surface area contributed by atoms with Gasteiger partial charge in [0.05, 0.1) is 12.0 Å². The van der Waals surface area contributed by atoms with Gasteiger partial charge in [-0.15, -0.1) is 0 Å². The fraction of sp³-hybridized carbons (Fsp3) is 0.375. The fourth-order valence-electron chi connectivity index (χ4n) is 2.05. The van der Waals surface area contributed by atoms with Gasteiger partial charge in [0.1, 0.15) is 0 Å². The van der Waals surface area contributed by atoms with E-state index in [1.54, 1.807) is 0 Å². The van der Waals surface area contributed by atoms with Crippen LogP contribution in [0.25, 0.3) is 5.69 Å². The molecule has 20 heavy (non-hydrogen) atoms. The van der Waals surface area contributed by atoms with Crippen LogP contribution >= 0.6 is 0 Å². The molecule has 1 heterocycles. The molecule has 0 bridgehead atoms. The number of aromatic nitrogens is 2. The molecular formula is C16H21N3O. The standard InChI is InChI=1S/C16H21N3O/c1-4-5-16(20)17-10-14-6-8-15(9-7-14)19-11-18-12(2)13(19)3/h6-9,11H,4-5,10H2,1-3H3,(H,17,20).